The lowest BCUT2D eigenvalue weighted by Gasteiger charge is -2.29. The van der Waals surface area contributed by atoms with Gasteiger partial charge in [-0.05, 0) is 56.0 Å². The molecule has 0 aliphatic carbocycles. The van der Waals surface area contributed by atoms with Gasteiger partial charge in [-0.3, -0.25) is 25.0 Å². The minimum absolute atomic E-state index is 0.0853. The molecule has 11 nitrogen and oxygen atoms in total. The highest BCUT2D eigenvalue weighted by molar-refractivity contribution is 6.05. The van der Waals surface area contributed by atoms with E-state index >= 15 is 0 Å². The Morgan fingerprint density at radius 2 is 2.03 bits per heavy atom. The van der Waals surface area contributed by atoms with Crippen molar-refractivity contribution in [1.82, 2.24) is 15.2 Å². The van der Waals surface area contributed by atoms with Crippen molar-refractivity contribution < 1.29 is 28.7 Å². The summed E-state index contributed by atoms with van der Waals surface area (Å²) in [7, 11) is 1.49. The van der Waals surface area contributed by atoms with Crippen LogP contribution >= 0.6 is 0 Å². The standard InChI is InChI=1S/C26H29N5O6/c1-15-4-3-9-30(15)22-7-5-17(12-27-22)28-26(35)37-14-16-10-18-19(21(11-16)36-2)13-31(25(18)34)20-6-8-23(32)29-24(20)33/h5,7,10-12,15,20H,3-4,6,8-9,13-14H2,1-2H3,(H,28,35)(H,29,32,33)/t15-,20?/m0/s1. The maximum Gasteiger partial charge on any atom is 0.412 e. The number of benzene rings is 1. The van der Waals surface area contributed by atoms with Crippen LogP contribution in [0.5, 0.6) is 5.75 Å². The van der Waals surface area contributed by atoms with Crippen LogP contribution in [-0.4, -0.2) is 59.4 Å². The first-order chi connectivity index (χ1) is 17.8. The Hall–Kier alpha value is -4.15. The number of hydrogen-bond acceptors (Lipinski definition) is 8. The summed E-state index contributed by atoms with van der Waals surface area (Å²) in [6.07, 6.45) is 3.68. The fourth-order valence-corrected chi connectivity index (χ4v) is 5.16. The summed E-state index contributed by atoms with van der Waals surface area (Å²) >= 11 is 0. The number of fused-ring (bicyclic) bond motifs is 1. The van der Waals surface area contributed by atoms with Crippen molar-refractivity contribution >= 4 is 35.3 Å². The maximum absolute atomic E-state index is 13.1. The number of aromatic nitrogens is 1. The number of pyridine rings is 1. The molecule has 2 N–H and O–H groups in total. The molecule has 4 amide bonds. The molecule has 0 bridgehead atoms. The van der Waals surface area contributed by atoms with E-state index in [1.54, 1.807) is 24.4 Å². The van der Waals surface area contributed by atoms with Gasteiger partial charge in [0.05, 0.1) is 25.5 Å². The fourth-order valence-electron chi connectivity index (χ4n) is 5.16. The van der Waals surface area contributed by atoms with Gasteiger partial charge in [0, 0.05) is 30.1 Å². The molecule has 0 spiro atoms. The second kappa shape index (κ2) is 10.1. The predicted octanol–water partition coefficient (Wildman–Crippen LogP) is 2.59. The van der Waals surface area contributed by atoms with E-state index in [2.05, 4.69) is 27.4 Å². The predicted molar refractivity (Wildman–Crippen MR) is 133 cm³/mol. The molecular weight excluding hydrogens is 478 g/mol. The van der Waals surface area contributed by atoms with Crippen LogP contribution in [0.15, 0.2) is 30.5 Å². The number of anilines is 2. The minimum atomic E-state index is -0.721. The van der Waals surface area contributed by atoms with Crippen molar-refractivity contribution in [3.63, 3.8) is 0 Å². The highest BCUT2D eigenvalue weighted by atomic mass is 16.5. The number of imide groups is 1. The van der Waals surface area contributed by atoms with Crippen LogP contribution in [0.3, 0.4) is 0 Å². The van der Waals surface area contributed by atoms with Crippen molar-refractivity contribution in [2.45, 2.75) is 57.8 Å². The number of carbonyl (C=O) groups is 4. The van der Waals surface area contributed by atoms with E-state index in [1.807, 2.05) is 6.07 Å². The Kier molecular flexibility index (Phi) is 6.68. The Bertz CT molecular complexity index is 1250. The van der Waals surface area contributed by atoms with E-state index < -0.39 is 18.0 Å². The smallest absolute Gasteiger partial charge is 0.412 e. The summed E-state index contributed by atoms with van der Waals surface area (Å²) in [5, 5.41) is 4.96. The second-order valence-electron chi connectivity index (χ2n) is 9.51. The summed E-state index contributed by atoms with van der Waals surface area (Å²) in [6, 6.07) is 6.75. The molecule has 37 heavy (non-hydrogen) atoms. The molecule has 3 aliphatic rings. The molecule has 2 fully saturated rings. The van der Waals surface area contributed by atoms with Crippen LogP contribution in [0.1, 0.15) is 54.1 Å². The quantitative estimate of drug-likeness (QED) is 0.571. The van der Waals surface area contributed by atoms with Gasteiger partial charge in [0.1, 0.15) is 24.2 Å². The Morgan fingerprint density at radius 3 is 2.70 bits per heavy atom. The molecule has 4 heterocycles. The zero-order valence-corrected chi connectivity index (χ0v) is 20.8. The van der Waals surface area contributed by atoms with Gasteiger partial charge < -0.3 is 19.3 Å². The van der Waals surface area contributed by atoms with E-state index in [0.717, 1.165) is 25.2 Å². The van der Waals surface area contributed by atoms with E-state index in [0.29, 0.717) is 34.2 Å². The first-order valence-corrected chi connectivity index (χ1v) is 12.3. The minimum Gasteiger partial charge on any atom is -0.496 e. The van der Waals surface area contributed by atoms with Crippen molar-refractivity contribution in [2.75, 3.05) is 23.9 Å². The van der Waals surface area contributed by atoms with Gasteiger partial charge in [-0.15, -0.1) is 0 Å². The van der Waals surface area contributed by atoms with Crippen molar-refractivity contribution in [3.8, 4) is 5.75 Å². The first kappa shape index (κ1) is 24.5. The molecule has 5 rings (SSSR count). The second-order valence-corrected chi connectivity index (χ2v) is 9.51. The van der Waals surface area contributed by atoms with Crippen LogP contribution in [-0.2, 0) is 27.5 Å². The lowest BCUT2D eigenvalue weighted by Crippen LogP contribution is -2.52. The van der Waals surface area contributed by atoms with Gasteiger partial charge in [-0.1, -0.05) is 0 Å². The number of nitrogens with zero attached hydrogens (tertiary/aromatic N) is 3. The lowest BCUT2D eigenvalue weighted by molar-refractivity contribution is -0.136. The zero-order chi connectivity index (χ0) is 26.1. The monoisotopic (exact) mass is 507 g/mol. The maximum atomic E-state index is 13.1. The molecule has 3 aliphatic heterocycles. The van der Waals surface area contributed by atoms with E-state index in [9.17, 15) is 19.2 Å². The van der Waals surface area contributed by atoms with Crippen molar-refractivity contribution in [1.29, 1.82) is 0 Å². The summed E-state index contributed by atoms with van der Waals surface area (Å²) < 4.78 is 10.9. The average molecular weight is 508 g/mol. The highest BCUT2D eigenvalue weighted by Gasteiger charge is 2.40. The van der Waals surface area contributed by atoms with Crippen molar-refractivity contribution in [2.24, 2.45) is 0 Å². The fraction of sp³-hybridized carbons (Fsp3) is 0.423. The summed E-state index contributed by atoms with van der Waals surface area (Å²) in [5.74, 6) is 0.205. The van der Waals surface area contributed by atoms with Crippen LogP contribution in [0.2, 0.25) is 0 Å². The molecule has 11 heteroatoms. The average Bonchev–Trinajstić information content (AvgIpc) is 3.46. The summed E-state index contributed by atoms with van der Waals surface area (Å²) in [5.41, 5.74) is 2.13. The van der Waals surface area contributed by atoms with Crippen LogP contribution < -0.4 is 20.3 Å². The molecule has 0 radical (unpaired) electrons. The van der Waals surface area contributed by atoms with E-state index in [4.69, 9.17) is 9.47 Å². The Balaban J connectivity index is 1.22. The summed E-state index contributed by atoms with van der Waals surface area (Å²) in [6.45, 7) is 3.26. The van der Waals surface area contributed by atoms with Crippen LogP contribution in [0, 0.1) is 0 Å². The summed E-state index contributed by atoms with van der Waals surface area (Å²) in [4.78, 5) is 57.5. The zero-order valence-electron chi connectivity index (χ0n) is 20.8. The van der Waals surface area contributed by atoms with Gasteiger partial charge in [0.2, 0.25) is 11.8 Å². The SMILES string of the molecule is COc1cc(COC(=O)Nc2ccc(N3CCC[C@@H]3C)nc2)cc2c1CN(C1CCC(=O)NC1=O)C2=O. The molecule has 0 saturated carbocycles. The van der Waals surface area contributed by atoms with Gasteiger partial charge in [0.15, 0.2) is 0 Å². The largest absolute Gasteiger partial charge is 0.496 e. The number of piperidine rings is 1. The molecule has 1 aromatic carbocycles. The molecular formula is C26H29N5O6. The number of carbonyl (C=O) groups excluding carboxylic acids is 4. The third kappa shape index (κ3) is 4.93. The molecule has 2 atom stereocenters. The van der Waals surface area contributed by atoms with Gasteiger partial charge in [0.25, 0.3) is 5.91 Å². The topological polar surface area (TPSA) is 130 Å². The molecule has 194 valence electrons. The molecule has 2 saturated heterocycles. The van der Waals surface area contributed by atoms with Crippen LogP contribution in [0.4, 0.5) is 16.3 Å². The number of rotatable bonds is 6. The van der Waals surface area contributed by atoms with Gasteiger partial charge in [-0.2, -0.15) is 0 Å². The van der Waals surface area contributed by atoms with Crippen molar-refractivity contribution in [3.05, 3.63) is 47.2 Å². The van der Waals surface area contributed by atoms with Crippen LogP contribution in [0.25, 0.3) is 0 Å². The third-order valence-corrected chi connectivity index (χ3v) is 7.11. The number of nitrogens with one attached hydrogen (secondary N) is 2. The highest BCUT2D eigenvalue weighted by Crippen LogP contribution is 2.35. The number of hydrogen-bond donors (Lipinski definition) is 2. The Labute approximate surface area is 214 Å². The number of ether oxygens (including phenoxy) is 2. The molecule has 1 aromatic heterocycles. The molecule has 1 unspecified atom stereocenters. The first-order valence-electron chi connectivity index (χ1n) is 12.3. The normalized spacial score (nSPS) is 21.1. The Morgan fingerprint density at radius 1 is 1.19 bits per heavy atom. The number of amides is 4. The molecule has 2 aromatic rings. The van der Waals surface area contributed by atoms with Gasteiger partial charge >= 0.3 is 6.09 Å². The van der Waals surface area contributed by atoms with E-state index in [-0.39, 0.29) is 37.8 Å². The van der Waals surface area contributed by atoms with Gasteiger partial charge in [-0.25, -0.2) is 9.78 Å². The van der Waals surface area contributed by atoms with E-state index in [1.165, 1.54) is 12.0 Å². The lowest BCUT2D eigenvalue weighted by atomic mass is 10.0. The third-order valence-electron chi connectivity index (χ3n) is 7.11. The number of methoxy groups -OCH3 is 1.